The molecule has 16 heavy (non-hydrogen) atoms. The van der Waals surface area contributed by atoms with E-state index in [1.165, 1.54) is 5.56 Å². The van der Waals surface area contributed by atoms with E-state index in [1.807, 2.05) is 6.07 Å². The zero-order chi connectivity index (χ0) is 11.7. The van der Waals surface area contributed by atoms with Crippen LogP contribution in [0.3, 0.4) is 0 Å². The molecule has 1 aromatic rings. The summed E-state index contributed by atoms with van der Waals surface area (Å²) in [4.78, 5) is 13.2. The third-order valence-electron chi connectivity index (χ3n) is 3.39. The van der Waals surface area contributed by atoms with Gasteiger partial charge in [0.1, 0.15) is 0 Å². The lowest BCUT2D eigenvalue weighted by Gasteiger charge is -2.26. The zero-order valence-electron chi connectivity index (χ0n) is 9.73. The molecule has 0 saturated carbocycles. The smallest absolute Gasteiger partial charge is 0.335 e. The molecule has 1 aliphatic heterocycles. The van der Waals surface area contributed by atoms with Gasteiger partial charge in [-0.05, 0) is 37.5 Å². The molecule has 1 N–H and O–H groups in total. The summed E-state index contributed by atoms with van der Waals surface area (Å²) in [6, 6.07) is 5.92. The topological polar surface area (TPSA) is 40.5 Å². The summed E-state index contributed by atoms with van der Waals surface area (Å²) in [6.07, 6.45) is 2.11. The van der Waals surface area contributed by atoms with Crippen LogP contribution in [0.15, 0.2) is 18.2 Å². The number of hydrogen-bond acceptors (Lipinski definition) is 2. The van der Waals surface area contributed by atoms with Crippen molar-refractivity contribution in [3.8, 4) is 0 Å². The lowest BCUT2D eigenvalue weighted by Crippen LogP contribution is -2.30. The number of fused-ring (bicyclic) bond motifs is 1. The number of aromatic carboxylic acids is 1. The van der Waals surface area contributed by atoms with E-state index in [0.29, 0.717) is 11.6 Å². The molecular weight excluding hydrogens is 202 g/mol. The molecule has 1 unspecified atom stereocenters. The molecule has 3 heteroatoms. The highest BCUT2D eigenvalue weighted by Crippen LogP contribution is 2.31. The zero-order valence-corrected chi connectivity index (χ0v) is 9.73. The summed E-state index contributed by atoms with van der Waals surface area (Å²) in [7, 11) is 0. The van der Waals surface area contributed by atoms with Gasteiger partial charge in [-0.2, -0.15) is 0 Å². The molecule has 86 valence electrons. The van der Waals surface area contributed by atoms with Gasteiger partial charge in [0.25, 0.3) is 0 Å². The number of hydrogen-bond donors (Lipinski definition) is 1. The SMILES string of the molecule is CCC(C)N1CCc2ccc(C(=O)O)cc21. The van der Waals surface area contributed by atoms with Crippen molar-refractivity contribution in [2.24, 2.45) is 0 Å². The summed E-state index contributed by atoms with van der Waals surface area (Å²) in [6.45, 7) is 5.35. The molecule has 1 aliphatic rings. The number of carbonyl (C=O) groups is 1. The fourth-order valence-electron chi connectivity index (χ4n) is 2.22. The minimum absolute atomic E-state index is 0.383. The van der Waals surface area contributed by atoms with Crippen molar-refractivity contribution in [3.05, 3.63) is 29.3 Å². The molecule has 0 aromatic heterocycles. The summed E-state index contributed by atoms with van der Waals surface area (Å²) in [5.74, 6) is -0.848. The van der Waals surface area contributed by atoms with Gasteiger partial charge in [0.2, 0.25) is 0 Å². The molecule has 3 nitrogen and oxygen atoms in total. The van der Waals surface area contributed by atoms with Gasteiger partial charge in [0.15, 0.2) is 0 Å². The van der Waals surface area contributed by atoms with Crippen molar-refractivity contribution in [1.29, 1.82) is 0 Å². The van der Waals surface area contributed by atoms with Crippen LogP contribution in [0.5, 0.6) is 0 Å². The van der Waals surface area contributed by atoms with Gasteiger partial charge in [-0.3, -0.25) is 0 Å². The van der Waals surface area contributed by atoms with E-state index in [9.17, 15) is 4.79 Å². The van der Waals surface area contributed by atoms with Crippen molar-refractivity contribution >= 4 is 11.7 Å². The van der Waals surface area contributed by atoms with Gasteiger partial charge < -0.3 is 10.0 Å². The maximum atomic E-state index is 10.9. The van der Waals surface area contributed by atoms with Gasteiger partial charge in [-0.25, -0.2) is 4.79 Å². The van der Waals surface area contributed by atoms with E-state index < -0.39 is 5.97 Å². The normalized spacial score (nSPS) is 16.0. The third kappa shape index (κ3) is 1.77. The second-order valence-electron chi connectivity index (χ2n) is 4.35. The summed E-state index contributed by atoms with van der Waals surface area (Å²) < 4.78 is 0. The first-order chi connectivity index (χ1) is 7.63. The van der Waals surface area contributed by atoms with Gasteiger partial charge >= 0.3 is 5.97 Å². The van der Waals surface area contributed by atoms with E-state index in [1.54, 1.807) is 12.1 Å². The minimum atomic E-state index is -0.848. The van der Waals surface area contributed by atoms with E-state index in [4.69, 9.17) is 5.11 Å². The van der Waals surface area contributed by atoms with Crippen LogP contribution >= 0.6 is 0 Å². The quantitative estimate of drug-likeness (QED) is 0.849. The molecule has 0 fully saturated rings. The van der Waals surface area contributed by atoms with Crippen LogP contribution in [0.1, 0.15) is 36.2 Å². The van der Waals surface area contributed by atoms with Gasteiger partial charge in [0.05, 0.1) is 5.56 Å². The van der Waals surface area contributed by atoms with Crippen molar-refractivity contribution in [3.63, 3.8) is 0 Å². The molecule has 0 spiro atoms. The van der Waals surface area contributed by atoms with Crippen LogP contribution in [0.25, 0.3) is 0 Å². The first kappa shape index (κ1) is 11.0. The average Bonchev–Trinajstić information content (AvgIpc) is 2.70. The Morgan fingerprint density at radius 2 is 2.31 bits per heavy atom. The molecule has 0 amide bonds. The van der Waals surface area contributed by atoms with E-state index in [-0.39, 0.29) is 0 Å². The van der Waals surface area contributed by atoms with Crippen LogP contribution in [-0.2, 0) is 6.42 Å². The maximum absolute atomic E-state index is 10.9. The number of rotatable bonds is 3. The summed E-state index contributed by atoms with van der Waals surface area (Å²) in [5, 5.41) is 8.98. The molecule has 0 aliphatic carbocycles. The second kappa shape index (κ2) is 4.16. The standard InChI is InChI=1S/C13H17NO2/c1-3-9(2)14-7-6-10-4-5-11(13(15)16)8-12(10)14/h4-5,8-9H,3,6-7H2,1-2H3,(H,15,16). The molecule has 1 atom stereocenters. The lowest BCUT2D eigenvalue weighted by atomic mass is 10.1. The van der Waals surface area contributed by atoms with Crippen LogP contribution < -0.4 is 4.90 Å². The van der Waals surface area contributed by atoms with Gasteiger partial charge in [0, 0.05) is 18.3 Å². The van der Waals surface area contributed by atoms with E-state index in [0.717, 1.165) is 25.1 Å². The highest BCUT2D eigenvalue weighted by atomic mass is 16.4. The van der Waals surface area contributed by atoms with Crippen LogP contribution in [0.4, 0.5) is 5.69 Å². The second-order valence-corrected chi connectivity index (χ2v) is 4.35. The Morgan fingerprint density at radius 3 is 2.94 bits per heavy atom. The first-order valence-corrected chi connectivity index (χ1v) is 5.76. The Bertz CT molecular complexity index is 414. The number of anilines is 1. The van der Waals surface area contributed by atoms with E-state index in [2.05, 4.69) is 18.7 Å². The van der Waals surface area contributed by atoms with Crippen LogP contribution in [-0.4, -0.2) is 23.7 Å². The van der Waals surface area contributed by atoms with Crippen molar-refractivity contribution in [1.82, 2.24) is 0 Å². The molecule has 1 aromatic carbocycles. The lowest BCUT2D eigenvalue weighted by molar-refractivity contribution is 0.0697. The number of carboxylic acid groups (broad SMARTS) is 1. The van der Waals surface area contributed by atoms with Crippen molar-refractivity contribution in [2.75, 3.05) is 11.4 Å². The Kier molecular flexibility index (Phi) is 2.86. The third-order valence-corrected chi connectivity index (χ3v) is 3.39. The van der Waals surface area contributed by atoms with Crippen molar-refractivity contribution < 1.29 is 9.90 Å². The predicted octanol–water partition coefficient (Wildman–Crippen LogP) is 2.55. The molecule has 0 saturated heterocycles. The maximum Gasteiger partial charge on any atom is 0.335 e. The molecule has 2 rings (SSSR count). The first-order valence-electron chi connectivity index (χ1n) is 5.76. The van der Waals surface area contributed by atoms with Gasteiger partial charge in [-0.15, -0.1) is 0 Å². The predicted molar refractivity (Wildman–Crippen MR) is 64.2 cm³/mol. The Balaban J connectivity index is 2.37. The number of carboxylic acids is 1. The Hall–Kier alpha value is -1.51. The van der Waals surface area contributed by atoms with Crippen LogP contribution in [0, 0.1) is 0 Å². The highest BCUT2D eigenvalue weighted by molar-refractivity contribution is 5.89. The fourth-order valence-corrected chi connectivity index (χ4v) is 2.22. The monoisotopic (exact) mass is 219 g/mol. The number of nitrogens with zero attached hydrogens (tertiary/aromatic N) is 1. The Morgan fingerprint density at radius 1 is 1.56 bits per heavy atom. The van der Waals surface area contributed by atoms with Crippen molar-refractivity contribution in [2.45, 2.75) is 32.7 Å². The summed E-state index contributed by atoms with van der Waals surface area (Å²) in [5.41, 5.74) is 2.76. The Labute approximate surface area is 95.7 Å². The van der Waals surface area contributed by atoms with Crippen LogP contribution in [0.2, 0.25) is 0 Å². The van der Waals surface area contributed by atoms with Gasteiger partial charge in [-0.1, -0.05) is 13.0 Å². The summed E-state index contributed by atoms with van der Waals surface area (Å²) >= 11 is 0. The molecule has 0 radical (unpaired) electrons. The molecule has 0 bridgehead atoms. The minimum Gasteiger partial charge on any atom is -0.478 e. The largest absolute Gasteiger partial charge is 0.478 e. The fraction of sp³-hybridized carbons (Fsp3) is 0.462. The molecular formula is C13H17NO2. The number of benzene rings is 1. The van der Waals surface area contributed by atoms with E-state index >= 15 is 0 Å². The average molecular weight is 219 g/mol. The molecule has 1 heterocycles. The highest BCUT2D eigenvalue weighted by Gasteiger charge is 2.23.